The smallest absolute Gasteiger partial charge is 0.410 e. The molecule has 1 unspecified atom stereocenters. The molecule has 0 aromatic carbocycles. The van der Waals surface area contributed by atoms with Crippen molar-refractivity contribution in [2.75, 3.05) is 6.61 Å². The fourth-order valence-electron chi connectivity index (χ4n) is 1.53. The highest BCUT2D eigenvalue weighted by Crippen LogP contribution is 2.15. The molecule has 0 aliphatic rings. The first-order valence-electron chi connectivity index (χ1n) is 6.45. The normalized spacial score (nSPS) is 12.9. The number of hydrogen-bond acceptors (Lipinski definition) is 4. The Hall–Kier alpha value is -1.14. The van der Waals surface area contributed by atoms with Gasteiger partial charge in [-0.25, -0.2) is 9.78 Å². The first-order chi connectivity index (χ1) is 9.23. The summed E-state index contributed by atoms with van der Waals surface area (Å²) >= 11 is 3.30. The Balaban J connectivity index is 2.87. The molecule has 112 valence electrons. The number of halogens is 1. The largest absolute Gasteiger partial charge is 0.444 e. The number of pyridine rings is 1. The molecular weight excluding hydrogens is 324 g/mol. The maximum absolute atomic E-state index is 12.2. The van der Waals surface area contributed by atoms with Gasteiger partial charge in [-0.2, -0.15) is 0 Å². The third-order valence-electron chi connectivity index (χ3n) is 2.53. The van der Waals surface area contributed by atoms with E-state index < -0.39 is 11.7 Å². The molecular formula is C14H21BrN2O3. The maximum Gasteiger partial charge on any atom is 0.410 e. The molecule has 0 bridgehead atoms. The summed E-state index contributed by atoms with van der Waals surface area (Å²) in [6.07, 6.45) is -0.458. The van der Waals surface area contributed by atoms with Crippen LogP contribution in [0.25, 0.3) is 0 Å². The Morgan fingerprint density at radius 1 is 1.50 bits per heavy atom. The SMILES string of the molecule is CC(CO)N(Cc1cccc(Br)n1)C(=O)OC(C)(C)C. The molecule has 5 nitrogen and oxygen atoms in total. The fraction of sp³-hybridized carbons (Fsp3) is 0.571. The summed E-state index contributed by atoms with van der Waals surface area (Å²) < 4.78 is 6.07. The van der Waals surface area contributed by atoms with Gasteiger partial charge in [0, 0.05) is 0 Å². The van der Waals surface area contributed by atoms with E-state index in [0.29, 0.717) is 4.60 Å². The minimum atomic E-state index is -0.574. The van der Waals surface area contributed by atoms with Crippen LogP contribution in [0.3, 0.4) is 0 Å². The zero-order chi connectivity index (χ0) is 15.3. The lowest BCUT2D eigenvalue weighted by Gasteiger charge is -2.30. The van der Waals surface area contributed by atoms with Crippen LogP contribution in [0.15, 0.2) is 22.8 Å². The number of aliphatic hydroxyl groups is 1. The average Bonchev–Trinajstić information content (AvgIpc) is 2.33. The lowest BCUT2D eigenvalue weighted by molar-refractivity contribution is 0.00906. The molecule has 0 radical (unpaired) electrons. The van der Waals surface area contributed by atoms with Gasteiger partial charge in [-0.05, 0) is 55.8 Å². The predicted octanol–water partition coefficient (Wildman–Crippen LogP) is 2.96. The second-order valence-corrected chi connectivity index (χ2v) is 6.40. The third-order valence-corrected chi connectivity index (χ3v) is 2.97. The summed E-state index contributed by atoms with van der Waals surface area (Å²) in [5, 5.41) is 9.31. The number of aromatic nitrogens is 1. The second kappa shape index (κ2) is 7.04. The quantitative estimate of drug-likeness (QED) is 0.853. The standard InChI is InChI=1S/C14H21BrN2O3/c1-10(9-18)17(13(19)20-14(2,3)4)8-11-6-5-7-12(15)16-11/h5-7,10,18H,8-9H2,1-4H3. The van der Waals surface area contributed by atoms with E-state index in [0.717, 1.165) is 5.69 Å². The Morgan fingerprint density at radius 3 is 2.65 bits per heavy atom. The van der Waals surface area contributed by atoms with Crippen LogP contribution in [-0.4, -0.2) is 39.3 Å². The van der Waals surface area contributed by atoms with Crippen molar-refractivity contribution in [1.82, 2.24) is 9.88 Å². The zero-order valence-corrected chi connectivity index (χ0v) is 13.8. The van der Waals surface area contributed by atoms with Crippen LogP contribution in [-0.2, 0) is 11.3 Å². The van der Waals surface area contributed by atoms with Crippen molar-refractivity contribution >= 4 is 22.0 Å². The maximum atomic E-state index is 12.2. The number of nitrogens with zero attached hydrogens (tertiary/aromatic N) is 2. The van der Waals surface area contributed by atoms with Gasteiger partial charge in [0.05, 0.1) is 24.9 Å². The van der Waals surface area contributed by atoms with Crippen molar-refractivity contribution < 1.29 is 14.6 Å². The summed E-state index contributed by atoms with van der Waals surface area (Å²) in [4.78, 5) is 18.0. The summed E-state index contributed by atoms with van der Waals surface area (Å²) in [6, 6.07) is 5.15. The molecule has 0 saturated carbocycles. The van der Waals surface area contributed by atoms with Crippen LogP contribution < -0.4 is 0 Å². The van der Waals surface area contributed by atoms with Gasteiger partial charge < -0.3 is 9.84 Å². The van der Waals surface area contributed by atoms with Gasteiger partial charge in [0.1, 0.15) is 10.2 Å². The molecule has 1 amide bonds. The third kappa shape index (κ3) is 5.46. The van der Waals surface area contributed by atoms with E-state index in [1.54, 1.807) is 6.92 Å². The van der Waals surface area contributed by atoms with E-state index in [2.05, 4.69) is 20.9 Å². The molecule has 1 heterocycles. The highest BCUT2D eigenvalue weighted by molar-refractivity contribution is 9.10. The number of ether oxygens (including phenoxy) is 1. The molecule has 20 heavy (non-hydrogen) atoms. The predicted molar refractivity (Wildman–Crippen MR) is 80.3 cm³/mol. The van der Waals surface area contributed by atoms with Crippen molar-refractivity contribution in [3.8, 4) is 0 Å². The number of carbonyl (C=O) groups excluding carboxylic acids is 1. The van der Waals surface area contributed by atoms with Crippen LogP contribution in [0.5, 0.6) is 0 Å². The first-order valence-corrected chi connectivity index (χ1v) is 7.24. The number of hydrogen-bond donors (Lipinski definition) is 1. The van der Waals surface area contributed by atoms with Gasteiger partial charge >= 0.3 is 6.09 Å². The van der Waals surface area contributed by atoms with Gasteiger partial charge in [-0.1, -0.05) is 6.07 Å². The Kier molecular flexibility index (Phi) is 5.95. The van der Waals surface area contributed by atoms with Gasteiger partial charge in [-0.15, -0.1) is 0 Å². The lowest BCUT2D eigenvalue weighted by Crippen LogP contribution is -2.43. The molecule has 1 aromatic heterocycles. The van der Waals surface area contributed by atoms with Gasteiger partial charge in [0.15, 0.2) is 0 Å². The van der Waals surface area contributed by atoms with Crippen molar-refractivity contribution in [2.24, 2.45) is 0 Å². The molecule has 1 atom stereocenters. The molecule has 0 saturated heterocycles. The monoisotopic (exact) mass is 344 g/mol. The minimum Gasteiger partial charge on any atom is -0.444 e. The van der Waals surface area contributed by atoms with Crippen LogP contribution in [0.2, 0.25) is 0 Å². The van der Waals surface area contributed by atoms with Crippen molar-refractivity contribution in [2.45, 2.75) is 45.9 Å². The Morgan fingerprint density at radius 2 is 2.15 bits per heavy atom. The lowest BCUT2D eigenvalue weighted by atomic mass is 10.2. The second-order valence-electron chi connectivity index (χ2n) is 5.59. The molecule has 0 aliphatic carbocycles. The summed E-state index contributed by atoms with van der Waals surface area (Å²) in [5.41, 5.74) is 0.153. The molecule has 0 spiro atoms. The molecule has 0 fully saturated rings. The Labute approximate surface area is 128 Å². The molecule has 1 aromatic rings. The Bertz CT molecular complexity index is 460. The number of amides is 1. The number of carbonyl (C=O) groups is 1. The van der Waals surface area contributed by atoms with Crippen molar-refractivity contribution in [3.05, 3.63) is 28.5 Å². The number of aliphatic hydroxyl groups excluding tert-OH is 1. The molecule has 1 rings (SSSR count). The summed E-state index contributed by atoms with van der Waals surface area (Å²) in [6.45, 7) is 7.35. The van der Waals surface area contributed by atoms with Gasteiger partial charge in [0.25, 0.3) is 0 Å². The van der Waals surface area contributed by atoms with E-state index in [4.69, 9.17) is 4.74 Å². The van der Waals surface area contributed by atoms with E-state index in [-0.39, 0.29) is 19.2 Å². The van der Waals surface area contributed by atoms with Crippen molar-refractivity contribution in [3.63, 3.8) is 0 Å². The van der Waals surface area contributed by atoms with Gasteiger partial charge in [0.2, 0.25) is 0 Å². The molecule has 6 heteroatoms. The van der Waals surface area contributed by atoms with E-state index >= 15 is 0 Å². The molecule has 0 aliphatic heterocycles. The topological polar surface area (TPSA) is 62.7 Å². The number of rotatable bonds is 4. The van der Waals surface area contributed by atoms with Crippen LogP contribution in [0, 0.1) is 0 Å². The average molecular weight is 345 g/mol. The van der Waals surface area contributed by atoms with Crippen molar-refractivity contribution in [1.29, 1.82) is 0 Å². The minimum absolute atomic E-state index is 0.132. The highest BCUT2D eigenvalue weighted by atomic mass is 79.9. The van der Waals surface area contributed by atoms with Crippen LogP contribution in [0.1, 0.15) is 33.4 Å². The van der Waals surface area contributed by atoms with E-state index in [9.17, 15) is 9.90 Å². The molecule has 1 N–H and O–H groups in total. The van der Waals surface area contributed by atoms with Gasteiger partial charge in [-0.3, -0.25) is 4.90 Å². The van der Waals surface area contributed by atoms with Crippen LogP contribution in [0.4, 0.5) is 4.79 Å². The van der Waals surface area contributed by atoms with E-state index in [1.807, 2.05) is 39.0 Å². The summed E-state index contributed by atoms with van der Waals surface area (Å²) in [7, 11) is 0. The van der Waals surface area contributed by atoms with Crippen LogP contribution >= 0.6 is 15.9 Å². The highest BCUT2D eigenvalue weighted by Gasteiger charge is 2.26. The zero-order valence-electron chi connectivity index (χ0n) is 12.3. The summed E-state index contributed by atoms with van der Waals surface area (Å²) in [5.74, 6) is 0. The van der Waals surface area contributed by atoms with E-state index in [1.165, 1.54) is 4.90 Å². The fourth-order valence-corrected chi connectivity index (χ4v) is 1.91. The first kappa shape index (κ1) is 16.9.